The highest BCUT2D eigenvalue weighted by molar-refractivity contribution is 6.37. The first-order valence-electron chi connectivity index (χ1n) is 7.60. The van der Waals surface area contributed by atoms with E-state index >= 15 is 0 Å². The summed E-state index contributed by atoms with van der Waals surface area (Å²) in [5.74, 6) is 1.29. The Bertz CT molecular complexity index is 725. The normalized spacial score (nSPS) is 10.3. The van der Waals surface area contributed by atoms with Crippen molar-refractivity contribution in [2.75, 3.05) is 19.8 Å². The molecule has 0 heterocycles. The van der Waals surface area contributed by atoms with E-state index in [9.17, 15) is 8.78 Å². The fourth-order valence-corrected chi connectivity index (χ4v) is 2.61. The topological polar surface area (TPSA) is 27.7 Å². The first-order chi connectivity index (χ1) is 12.5. The Balaban J connectivity index is 1.79. The Hall–Kier alpha value is -1.69. The van der Waals surface area contributed by atoms with Crippen molar-refractivity contribution in [3.05, 3.63) is 63.6 Å². The van der Waals surface area contributed by atoms with Crippen molar-refractivity contribution in [2.24, 2.45) is 0 Å². The summed E-state index contributed by atoms with van der Waals surface area (Å²) in [6.45, 7) is 0.499. The van der Waals surface area contributed by atoms with Crippen molar-refractivity contribution >= 4 is 34.8 Å². The molecule has 0 amide bonds. The fraction of sp³-hybridized carbons (Fsp3) is 0.222. The molecule has 0 aromatic heterocycles. The average molecular weight is 424 g/mol. The summed E-state index contributed by atoms with van der Waals surface area (Å²) < 4.78 is 40.2. The van der Waals surface area contributed by atoms with Gasteiger partial charge in [0, 0.05) is 29.7 Å². The van der Waals surface area contributed by atoms with Crippen LogP contribution in [0.5, 0.6) is 17.2 Å². The Kier molecular flexibility index (Phi) is 8.29. The van der Waals surface area contributed by atoms with Gasteiger partial charge in [-0.2, -0.15) is 8.78 Å². The van der Waals surface area contributed by atoms with E-state index in [0.717, 1.165) is 0 Å². The Morgan fingerprint density at radius 2 is 1.46 bits per heavy atom. The second kappa shape index (κ2) is 10.5. The summed E-state index contributed by atoms with van der Waals surface area (Å²) in [7, 11) is 0. The van der Waals surface area contributed by atoms with Crippen LogP contribution in [0.25, 0.3) is 0 Å². The van der Waals surface area contributed by atoms with Gasteiger partial charge in [0.1, 0.15) is 18.1 Å². The molecule has 0 saturated heterocycles. The molecule has 2 rings (SSSR count). The van der Waals surface area contributed by atoms with Gasteiger partial charge in [0.15, 0.2) is 5.75 Å². The first kappa shape index (κ1) is 20.6. The number of hydrogen-bond acceptors (Lipinski definition) is 3. The lowest BCUT2D eigenvalue weighted by Gasteiger charge is -2.12. The van der Waals surface area contributed by atoms with Gasteiger partial charge in [0.25, 0.3) is 6.08 Å². The summed E-state index contributed by atoms with van der Waals surface area (Å²) in [5.41, 5.74) is 0. The largest absolute Gasteiger partial charge is 0.493 e. The second-order valence-corrected chi connectivity index (χ2v) is 6.28. The van der Waals surface area contributed by atoms with Crippen LogP contribution < -0.4 is 14.2 Å². The van der Waals surface area contributed by atoms with Gasteiger partial charge in [-0.25, -0.2) is 0 Å². The van der Waals surface area contributed by atoms with Crippen LogP contribution in [-0.4, -0.2) is 19.8 Å². The van der Waals surface area contributed by atoms with Crippen LogP contribution in [0.3, 0.4) is 0 Å². The van der Waals surface area contributed by atoms with Crippen molar-refractivity contribution in [3.8, 4) is 17.2 Å². The number of rotatable bonds is 9. The summed E-state index contributed by atoms with van der Waals surface area (Å²) in [4.78, 5) is 0. The van der Waals surface area contributed by atoms with Crippen LogP contribution in [0.2, 0.25) is 15.1 Å². The van der Waals surface area contributed by atoms with E-state index in [2.05, 4.69) is 0 Å². The zero-order valence-electron chi connectivity index (χ0n) is 13.5. The third-order valence-corrected chi connectivity index (χ3v) is 3.89. The lowest BCUT2D eigenvalue weighted by atomic mass is 10.3. The van der Waals surface area contributed by atoms with Crippen molar-refractivity contribution in [1.29, 1.82) is 0 Å². The summed E-state index contributed by atoms with van der Waals surface area (Å²) in [6.07, 6.45) is -0.566. The van der Waals surface area contributed by atoms with Crippen molar-refractivity contribution in [3.63, 3.8) is 0 Å². The van der Waals surface area contributed by atoms with Gasteiger partial charge in [-0.05, 0) is 24.3 Å². The molecule has 2 aromatic rings. The molecule has 8 heteroatoms. The Morgan fingerprint density at radius 3 is 2.08 bits per heavy atom. The zero-order valence-corrected chi connectivity index (χ0v) is 15.8. The first-order valence-corrected chi connectivity index (χ1v) is 8.73. The number of ether oxygens (including phenoxy) is 3. The molecule has 0 saturated carbocycles. The van der Waals surface area contributed by atoms with E-state index in [1.54, 1.807) is 24.3 Å². The molecule has 140 valence electrons. The maximum Gasteiger partial charge on any atom is 0.269 e. The standard InChI is InChI=1S/C18H15Cl3F2O3/c19-12-2-4-13(5-3-12)24-7-1-8-26-18-15(20)10-14(11-16(18)21)25-9-6-17(22)23/h2-6,10-11H,1,7-9H2. The molecule has 0 fully saturated rings. The predicted octanol–water partition coefficient (Wildman–Crippen LogP) is 6.65. The van der Waals surface area contributed by atoms with Gasteiger partial charge in [0.05, 0.1) is 23.3 Å². The average Bonchev–Trinajstić information content (AvgIpc) is 2.58. The van der Waals surface area contributed by atoms with Crippen LogP contribution in [0.1, 0.15) is 6.42 Å². The minimum atomic E-state index is -1.82. The van der Waals surface area contributed by atoms with Crippen LogP contribution in [0.15, 0.2) is 48.6 Å². The van der Waals surface area contributed by atoms with Gasteiger partial charge >= 0.3 is 0 Å². The Morgan fingerprint density at radius 1 is 0.846 bits per heavy atom. The van der Waals surface area contributed by atoms with Crippen molar-refractivity contribution in [2.45, 2.75) is 6.42 Å². The van der Waals surface area contributed by atoms with E-state index < -0.39 is 6.08 Å². The van der Waals surface area contributed by atoms with E-state index in [4.69, 9.17) is 49.0 Å². The minimum absolute atomic E-state index is 0.232. The highest BCUT2D eigenvalue weighted by Crippen LogP contribution is 2.37. The monoisotopic (exact) mass is 422 g/mol. The number of benzene rings is 2. The van der Waals surface area contributed by atoms with Gasteiger partial charge in [-0.1, -0.05) is 34.8 Å². The molecule has 2 aromatic carbocycles. The minimum Gasteiger partial charge on any atom is -0.493 e. The summed E-state index contributed by atoms with van der Waals surface area (Å²) >= 11 is 18.0. The van der Waals surface area contributed by atoms with Crippen molar-refractivity contribution in [1.82, 2.24) is 0 Å². The maximum atomic E-state index is 12.0. The van der Waals surface area contributed by atoms with Crippen LogP contribution in [-0.2, 0) is 0 Å². The Labute approximate surface area is 165 Å². The summed E-state index contributed by atoms with van der Waals surface area (Å²) in [6, 6.07) is 9.95. The van der Waals surface area contributed by atoms with Gasteiger partial charge in [0.2, 0.25) is 0 Å². The van der Waals surface area contributed by atoms with E-state index in [-0.39, 0.29) is 22.4 Å². The predicted molar refractivity (Wildman–Crippen MR) is 99.3 cm³/mol. The second-order valence-electron chi connectivity index (χ2n) is 5.03. The highest BCUT2D eigenvalue weighted by atomic mass is 35.5. The van der Waals surface area contributed by atoms with Gasteiger partial charge < -0.3 is 14.2 Å². The van der Waals surface area contributed by atoms with Crippen LogP contribution in [0, 0.1) is 0 Å². The molecule has 0 aliphatic rings. The third kappa shape index (κ3) is 6.90. The van der Waals surface area contributed by atoms with Crippen LogP contribution in [0.4, 0.5) is 8.78 Å². The van der Waals surface area contributed by atoms with E-state index in [1.165, 1.54) is 12.1 Å². The van der Waals surface area contributed by atoms with E-state index in [1.807, 2.05) is 0 Å². The quantitative estimate of drug-likeness (QED) is 0.422. The number of hydrogen-bond donors (Lipinski definition) is 0. The molecule has 0 atom stereocenters. The van der Waals surface area contributed by atoms with E-state index in [0.29, 0.717) is 42.2 Å². The molecule has 0 aliphatic heterocycles. The third-order valence-electron chi connectivity index (χ3n) is 3.08. The molecule has 3 nitrogen and oxygen atoms in total. The van der Waals surface area contributed by atoms with Gasteiger partial charge in [-0.15, -0.1) is 0 Å². The SMILES string of the molecule is FC(F)=CCOc1cc(Cl)c(OCCCOc2ccc(Cl)cc2)c(Cl)c1. The maximum absolute atomic E-state index is 12.0. The lowest BCUT2D eigenvalue weighted by Crippen LogP contribution is -2.05. The zero-order chi connectivity index (χ0) is 18.9. The smallest absolute Gasteiger partial charge is 0.269 e. The molecule has 0 radical (unpaired) electrons. The molecule has 0 unspecified atom stereocenters. The fourth-order valence-electron chi connectivity index (χ4n) is 1.91. The molecule has 0 aliphatic carbocycles. The molecule has 0 N–H and O–H groups in total. The van der Waals surface area contributed by atoms with Crippen molar-refractivity contribution < 1.29 is 23.0 Å². The van der Waals surface area contributed by atoms with Gasteiger partial charge in [-0.3, -0.25) is 0 Å². The molecular formula is C18H15Cl3F2O3. The highest BCUT2D eigenvalue weighted by Gasteiger charge is 2.10. The molecule has 0 bridgehead atoms. The summed E-state index contributed by atoms with van der Waals surface area (Å²) in [5, 5.41) is 1.11. The van der Waals surface area contributed by atoms with Crippen LogP contribution >= 0.6 is 34.8 Å². The molecular weight excluding hydrogens is 409 g/mol. The molecule has 0 spiro atoms. The lowest BCUT2D eigenvalue weighted by molar-refractivity contribution is 0.247. The number of halogens is 5. The molecule has 26 heavy (non-hydrogen) atoms.